The molecule has 7 heteroatoms. The van der Waals surface area contributed by atoms with Gasteiger partial charge in [-0.25, -0.2) is 4.39 Å². The van der Waals surface area contributed by atoms with Crippen LogP contribution >= 0.6 is 12.6 Å². The van der Waals surface area contributed by atoms with E-state index in [0.717, 1.165) is 0 Å². The molecule has 1 aromatic rings. The molecule has 0 aliphatic rings. The summed E-state index contributed by atoms with van der Waals surface area (Å²) in [5.74, 6) is -1.10. The van der Waals surface area contributed by atoms with Crippen LogP contribution < -0.4 is 15.4 Å². The van der Waals surface area contributed by atoms with Gasteiger partial charge in [0.2, 0.25) is 11.8 Å². The Morgan fingerprint density at radius 2 is 2.16 bits per heavy atom. The van der Waals surface area contributed by atoms with E-state index in [9.17, 15) is 14.0 Å². The van der Waals surface area contributed by atoms with Gasteiger partial charge in [-0.15, -0.1) is 0 Å². The zero-order chi connectivity index (χ0) is 14.4. The Kier molecular flexibility index (Phi) is 5.62. The predicted octanol–water partition coefficient (Wildman–Crippen LogP) is 1.21. The van der Waals surface area contributed by atoms with E-state index in [1.165, 1.54) is 32.2 Å². The van der Waals surface area contributed by atoms with E-state index in [1.807, 2.05) is 0 Å². The molecule has 2 N–H and O–H groups in total. The molecule has 1 aromatic carbocycles. The highest BCUT2D eigenvalue weighted by Gasteiger charge is 2.18. The number of anilines is 1. The highest BCUT2D eigenvalue weighted by Crippen LogP contribution is 2.21. The van der Waals surface area contributed by atoms with Crippen molar-refractivity contribution in [1.82, 2.24) is 5.32 Å². The molecule has 0 bridgehead atoms. The molecule has 19 heavy (non-hydrogen) atoms. The van der Waals surface area contributed by atoms with Crippen molar-refractivity contribution in [2.45, 2.75) is 13.0 Å². The van der Waals surface area contributed by atoms with E-state index in [1.54, 1.807) is 0 Å². The fraction of sp³-hybridized carbons (Fsp3) is 0.333. The summed E-state index contributed by atoms with van der Waals surface area (Å²) in [5, 5.41) is 5.01. The van der Waals surface area contributed by atoms with Crippen LogP contribution in [0.3, 0.4) is 0 Å². The van der Waals surface area contributed by atoms with Gasteiger partial charge in [-0.3, -0.25) is 9.59 Å². The van der Waals surface area contributed by atoms with Crippen LogP contribution in [0.25, 0.3) is 0 Å². The second-order valence-electron chi connectivity index (χ2n) is 3.77. The third-order valence-electron chi connectivity index (χ3n) is 2.30. The molecule has 0 aromatic heterocycles. The highest BCUT2D eigenvalue weighted by molar-refractivity contribution is 7.80. The summed E-state index contributed by atoms with van der Waals surface area (Å²) in [6.45, 7) is 1.31. The highest BCUT2D eigenvalue weighted by atomic mass is 32.1. The molecule has 0 fully saturated rings. The van der Waals surface area contributed by atoms with E-state index in [4.69, 9.17) is 4.74 Å². The molecule has 0 radical (unpaired) electrons. The van der Waals surface area contributed by atoms with Crippen molar-refractivity contribution < 1.29 is 18.7 Å². The largest absolute Gasteiger partial charge is 0.494 e. The number of hydrogen-bond donors (Lipinski definition) is 3. The molecular formula is C12H15FN2O3S. The minimum absolute atomic E-state index is 0.0275. The number of hydrogen-bond acceptors (Lipinski definition) is 4. The smallest absolute Gasteiger partial charge is 0.247 e. The van der Waals surface area contributed by atoms with Gasteiger partial charge in [0, 0.05) is 24.4 Å². The average molecular weight is 286 g/mol. The molecule has 1 rings (SSSR count). The first-order chi connectivity index (χ1) is 8.97. The number of amides is 2. The minimum atomic E-state index is -0.753. The second-order valence-corrected chi connectivity index (χ2v) is 4.14. The molecule has 0 saturated heterocycles. The topological polar surface area (TPSA) is 67.4 Å². The van der Waals surface area contributed by atoms with Crippen molar-refractivity contribution in [3.05, 3.63) is 24.0 Å². The summed E-state index contributed by atoms with van der Waals surface area (Å²) >= 11 is 3.99. The zero-order valence-corrected chi connectivity index (χ0v) is 11.5. The standard InChI is InChI=1S/C12H15FN2O3S/c1-7(16)14-10(6-19)12(17)15-8-3-4-9(13)11(5-8)18-2/h3-5,10,19H,6H2,1-2H3,(H,14,16)(H,15,17). The molecule has 0 saturated carbocycles. The van der Waals surface area contributed by atoms with Crippen LogP contribution in [-0.2, 0) is 9.59 Å². The van der Waals surface area contributed by atoms with Gasteiger partial charge in [-0.05, 0) is 12.1 Å². The Morgan fingerprint density at radius 1 is 1.47 bits per heavy atom. The van der Waals surface area contributed by atoms with E-state index < -0.39 is 17.8 Å². The molecule has 104 valence electrons. The third kappa shape index (κ3) is 4.44. The first-order valence-corrected chi connectivity index (χ1v) is 6.13. The quantitative estimate of drug-likeness (QED) is 0.713. The number of methoxy groups -OCH3 is 1. The lowest BCUT2D eigenvalue weighted by Gasteiger charge is -2.15. The van der Waals surface area contributed by atoms with Crippen molar-refractivity contribution in [3.63, 3.8) is 0 Å². The van der Waals surface area contributed by atoms with Crippen LogP contribution in [0, 0.1) is 5.82 Å². The van der Waals surface area contributed by atoms with Gasteiger partial charge >= 0.3 is 0 Å². The number of carbonyl (C=O) groups excluding carboxylic acids is 2. The van der Waals surface area contributed by atoms with Crippen LogP contribution in [0.4, 0.5) is 10.1 Å². The maximum absolute atomic E-state index is 13.2. The Morgan fingerprint density at radius 3 is 2.68 bits per heavy atom. The monoisotopic (exact) mass is 286 g/mol. The Balaban J connectivity index is 2.78. The summed E-state index contributed by atoms with van der Waals surface area (Å²) in [6, 6.07) is 3.19. The van der Waals surface area contributed by atoms with Crippen LogP contribution in [0.2, 0.25) is 0 Å². The molecular weight excluding hydrogens is 271 g/mol. The zero-order valence-electron chi connectivity index (χ0n) is 10.6. The van der Waals surface area contributed by atoms with Gasteiger partial charge in [0.05, 0.1) is 7.11 Å². The number of thiol groups is 1. The molecule has 0 heterocycles. The van der Waals surface area contributed by atoms with Gasteiger partial charge in [0.25, 0.3) is 0 Å². The van der Waals surface area contributed by atoms with E-state index >= 15 is 0 Å². The Hall–Kier alpha value is -1.76. The summed E-state index contributed by atoms with van der Waals surface area (Å²) in [5.41, 5.74) is 0.375. The van der Waals surface area contributed by atoms with Gasteiger partial charge in [-0.1, -0.05) is 0 Å². The van der Waals surface area contributed by atoms with Gasteiger partial charge < -0.3 is 15.4 Å². The van der Waals surface area contributed by atoms with Crippen LogP contribution in [0.1, 0.15) is 6.92 Å². The molecule has 1 atom stereocenters. The lowest BCUT2D eigenvalue weighted by Crippen LogP contribution is -2.44. The van der Waals surface area contributed by atoms with Crippen molar-refractivity contribution in [2.75, 3.05) is 18.2 Å². The van der Waals surface area contributed by atoms with Gasteiger partial charge in [-0.2, -0.15) is 12.6 Å². The van der Waals surface area contributed by atoms with E-state index in [2.05, 4.69) is 23.3 Å². The second kappa shape index (κ2) is 6.98. The minimum Gasteiger partial charge on any atom is -0.494 e. The van der Waals surface area contributed by atoms with Gasteiger partial charge in [0.15, 0.2) is 11.6 Å². The third-order valence-corrected chi connectivity index (χ3v) is 2.66. The number of nitrogens with one attached hydrogen (secondary N) is 2. The van der Waals surface area contributed by atoms with Crippen molar-refractivity contribution in [3.8, 4) is 5.75 Å². The van der Waals surface area contributed by atoms with Gasteiger partial charge in [0.1, 0.15) is 6.04 Å². The SMILES string of the molecule is COc1cc(NC(=O)C(CS)NC(C)=O)ccc1F. The molecule has 0 aliphatic carbocycles. The fourth-order valence-corrected chi connectivity index (χ4v) is 1.66. The number of halogens is 1. The van der Waals surface area contributed by atoms with E-state index in [0.29, 0.717) is 5.69 Å². The average Bonchev–Trinajstić information content (AvgIpc) is 2.37. The Bertz CT molecular complexity index is 482. The number of ether oxygens (including phenoxy) is 1. The number of benzene rings is 1. The van der Waals surface area contributed by atoms with Crippen LogP contribution in [0.5, 0.6) is 5.75 Å². The molecule has 0 aliphatic heterocycles. The maximum atomic E-state index is 13.2. The number of rotatable bonds is 5. The maximum Gasteiger partial charge on any atom is 0.247 e. The summed E-state index contributed by atoms with van der Waals surface area (Å²) in [6.07, 6.45) is 0. The fourth-order valence-electron chi connectivity index (χ4n) is 1.41. The molecule has 0 spiro atoms. The lowest BCUT2D eigenvalue weighted by molar-refractivity contribution is -0.124. The Labute approximate surface area is 115 Å². The number of carbonyl (C=O) groups is 2. The summed E-state index contributed by atoms with van der Waals surface area (Å²) < 4.78 is 18.0. The first kappa shape index (κ1) is 15.3. The van der Waals surface area contributed by atoms with Crippen molar-refractivity contribution in [1.29, 1.82) is 0 Å². The lowest BCUT2D eigenvalue weighted by atomic mass is 10.2. The van der Waals surface area contributed by atoms with E-state index in [-0.39, 0.29) is 17.4 Å². The molecule has 1 unspecified atom stereocenters. The summed E-state index contributed by atoms with van der Waals surface area (Å²) in [4.78, 5) is 22.8. The van der Waals surface area contributed by atoms with Crippen LogP contribution in [0.15, 0.2) is 18.2 Å². The first-order valence-electron chi connectivity index (χ1n) is 5.50. The predicted molar refractivity (Wildman–Crippen MR) is 73.0 cm³/mol. The van der Waals surface area contributed by atoms with Crippen LogP contribution in [-0.4, -0.2) is 30.7 Å². The molecule has 5 nitrogen and oxygen atoms in total. The summed E-state index contributed by atoms with van der Waals surface area (Å²) in [7, 11) is 1.33. The normalized spacial score (nSPS) is 11.6. The van der Waals surface area contributed by atoms with Crippen molar-refractivity contribution >= 4 is 30.1 Å². The van der Waals surface area contributed by atoms with Crippen molar-refractivity contribution in [2.24, 2.45) is 0 Å². The molecule has 2 amide bonds.